The minimum absolute atomic E-state index is 0.561. The minimum atomic E-state index is 0.561. The van der Waals surface area contributed by atoms with Crippen molar-refractivity contribution in [3.63, 3.8) is 0 Å². The molecule has 1 nitrogen and oxygen atoms in total. The Balaban J connectivity index is 2.07. The molecule has 0 aliphatic heterocycles. The zero-order chi connectivity index (χ0) is 12.8. The topological polar surface area (TPSA) is 12.0 Å². The Kier molecular flexibility index (Phi) is 4.43. The average Bonchev–Trinajstić information content (AvgIpc) is 2.40. The molecule has 0 amide bonds. The van der Waals surface area contributed by atoms with E-state index in [-0.39, 0.29) is 0 Å². The van der Waals surface area contributed by atoms with E-state index in [4.69, 9.17) is 11.6 Å². The molecular formula is C16H16ClN. The Morgan fingerprint density at radius 3 is 2.33 bits per heavy atom. The summed E-state index contributed by atoms with van der Waals surface area (Å²) in [4.78, 5) is 0. The first-order valence-electron chi connectivity index (χ1n) is 5.93. The van der Waals surface area contributed by atoms with Crippen LogP contribution in [-0.2, 0) is 5.88 Å². The lowest BCUT2D eigenvalue weighted by atomic mass is 10.1. The summed E-state index contributed by atoms with van der Waals surface area (Å²) < 4.78 is 0. The molecule has 0 spiro atoms. The average molecular weight is 258 g/mol. The molecule has 0 atom stereocenters. The van der Waals surface area contributed by atoms with Crippen LogP contribution in [-0.4, -0.2) is 0 Å². The zero-order valence-corrected chi connectivity index (χ0v) is 11.1. The third-order valence-corrected chi connectivity index (χ3v) is 2.94. The van der Waals surface area contributed by atoms with Crippen molar-refractivity contribution in [3.05, 3.63) is 71.4 Å². The van der Waals surface area contributed by atoms with Crippen LogP contribution in [0.5, 0.6) is 0 Å². The number of alkyl halides is 1. The molecule has 0 bridgehead atoms. The monoisotopic (exact) mass is 257 g/mol. The molecule has 92 valence electrons. The number of hydrogen-bond acceptors (Lipinski definition) is 1. The van der Waals surface area contributed by atoms with Crippen LogP contribution in [0, 0.1) is 0 Å². The molecule has 0 heterocycles. The number of benzene rings is 2. The van der Waals surface area contributed by atoms with E-state index in [1.54, 1.807) is 0 Å². The number of allylic oxidation sites excluding steroid dienone is 1. The SMILES string of the molecule is CC(=Cc1ccc(CCl)cc1)Nc1ccccc1. The Labute approximate surface area is 113 Å². The number of para-hydroxylation sites is 1. The normalized spacial score (nSPS) is 11.3. The Bertz CT molecular complexity index is 515. The first-order chi connectivity index (χ1) is 8.78. The van der Waals surface area contributed by atoms with Gasteiger partial charge in [0.05, 0.1) is 0 Å². The van der Waals surface area contributed by atoms with Crippen LogP contribution in [0.1, 0.15) is 18.1 Å². The van der Waals surface area contributed by atoms with Gasteiger partial charge in [-0.3, -0.25) is 0 Å². The minimum Gasteiger partial charge on any atom is -0.359 e. The lowest BCUT2D eigenvalue weighted by Gasteiger charge is -2.06. The molecule has 0 fully saturated rings. The van der Waals surface area contributed by atoms with E-state index in [0.29, 0.717) is 5.88 Å². The molecule has 0 saturated heterocycles. The number of rotatable bonds is 4. The van der Waals surface area contributed by atoms with E-state index in [2.05, 4.69) is 42.6 Å². The third-order valence-electron chi connectivity index (χ3n) is 2.63. The maximum Gasteiger partial charge on any atom is 0.0474 e. The highest BCUT2D eigenvalue weighted by Crippen LogP contribution is 2.13. The highest BCUT2D eigenvalue weighted by Gasteiger charge is 1.94. The van der Waals surface area contributed by atoms with Crippen molar-refractivity contribution in [1.82, 2.24) is 0 Å². The van der Waals surface area contributed by atoms with Crippen LogP contribution in [0.15, 0.2) is 60.3 Å². The molecule has 2 rings (SSSR count). The fourth-order valence-corrected chi connectivity index (χ4v) is 1.92. The van der Waals surface area contributed by atoms with E-state index in [9.17, 15) is 0 Å². The van der Waals surface area contributed by atoms with Crippen molar-refractivity contribution < 1.29 is 0 Å². The van der Waals surface area contributed by atoms with Gasteiger partial charge >= 0.3 is 0 Å². The predicted molar refractivity (Wildman–Crippen MR) is 79.7 cm³/mol. The van der Waals surface area contributed by atoms with E-state index in [0.717, 1.165) is 16.9 Å². The van der Waals surface area contributed by atoms with Gasteiger partial charge in [0, 0.05) is 17.3 Å². The third kappa shape index (κ3) is 3.64. The number of nitrogens with one attached hydrogen (secondary N) is 1. The smallest absolute Gasteiger partial charge is 0.0474 e. The lowest BCUT2D eigenvalue weighted by molar-refractivity contribution is 1.38. The van der Waals surface area contributed by atoms with Crippen molar-refractivity contribution in [1.29, 1.82) is 0 Å². The van der Waals surface area contributed by atoms with E-state index >= 15 is 0 Å². The zero-order valence-electron chi connectivity index (χ0n) is 10.4. The van der Waals surface area contributed by atoms with Crippen LogP contribution in [0.25, 0.3) is 6.08 Å². The molecule has 0 saturated carbocycles. The van der Waals surface area contributed by atoms with Crippen molar-refractivity contribution in [2.75, 3.05) is 5.32 Å². The Hall–Kier alpha value is -1.73. The van der Waals surface area contributed by atoms with Crippen molar-refractivity contribution in [3.8, 4) is 0 Å². The number of hydrogen-bond donors (Lipinski definition) is 1. The molecular weight excluding hydrogens is 242 g/mol. The molecule has 18 heavy (non-hydrogen) atoms. The standard InChI is InChI=1S/C16H16ClN/c1-13(18-16-5-3-2-4-6-16)11-14-7-9-15(12-17)10-8-14/h2-11,18H,12H2,1H3. The Morgan fingerprint density at radius 2 is 1.72 bits per heavy atom. The lowest BCUT2D eigenvalue weighted by Crippen LogP contribution is -1.94. The molecule has 0 aromatic heterocycles. The first kappa shape index (κ1) is 12.7. The quantitative estimate of drug-likeness (QED) is 0.769. The van der Waals surface area contributed by atoms with Crippen LogP contribution in [0.2, 0.25) is 0 Å². The van der Waals surface area contributed by atoms with Gasteiger partial charge in [0.1, 0.15) is 0 Å². The van der Waals surface area contributed by atoms with Crippen LogP contribution >= 0.6 is 11.6 Å². The van der Waals surface area contributed by atoms with Gasteiger partial charge in [0.2, 0.25) is 0 Å². The van der Waals surface area contributed by atoms with Crippen LogP contribution < -0.4 is 5.32 Å². The highest BCUT2D eigenvalue weighted by molar-refractivity contribution is 6.17. The summed E-state index contributed by atoms with van der Waals surface area (Å²) in [7, 11) is 0. The molecule has 2 aromatic carbocycles. The van der Waals surface area contributed by atoms with Gasteiger partial charge in [-0.15, -0.1) is 11.6 Å². The molecule has 2 heteroatoms. The maximum absolute atomic E-state index is 5.76. The summed E-state index contributed by atoms with van der Waals surface area (Å²) in [6, 6.07) is 18.4. The molecule has 0 unspecified atom stereocenters. The summed E-state index contributed by atoms with van der Waals surface area (Å²) in [6.45, 7) is 2.06. The Morgan fingerprint density at radius 1 is 1.06 bits per heavy atom. The maximum atomic E-state index is 5.76. The van der Waals surface area contributed by atoms with E-state index in [1.807, 2.05) is 30.3 Å². The highest BCUT2D eigenvalue weighted by atomic mass is 35.5. The fraction of sp³-hybridized carbons (Fsp3) is 0.125. The van der Waals surface area contributed by atoms with E-state index < -0.39 is 0 Å². The van der Waals surface area contributed by atoms with Gasteiger partial charge in [-0.1, -0.05) is 42.5 Å². The summed E-state index contributed by atoms with van der Waals surface area (Å²) in [5.74, 6) is 0.561. The second-order valence-corrected chi connectivity index (χ2v) is 4.46. The second kappa shape index (κ2) is 6.27. The molecule has 0 radical (unpaired) electrons. The molecule has 2 aromatic rings. The van der Waals surface area contributed by atoms with Gasteiger partial charge in [-0.05, 0) is 36.3 Å². The fourth-order valence-electron chi connectivity index (χ4n) is 1.74. The molecule has 0 aliphatic rings. The number of halogens is 1. The van der Waals surface area contributed by atoms with Crippen LogP contribution in [0.4, 0.5) is 5.69 Å². The first-order valence-corrected chi connectivity index (χ1v) is 6.46. The van der Waals surface area contributed by atoms with E-state index in [1.165, 1.54) is 5.56 Å². The summed E-state index contributed by atoms with van der Waals surface area (Å²) in [6.07, 6.45) is 2.12. The predicted octanol–water partition coefficient (Wildman–Crippen LogP) is 4.90. The van der Waals surface area contributed by atoms with Gasteiger partial charge < -0.3 is 5.32 Å². The van der Waals surface area contributed by atoms with Gasteiger partial charge in [-0.25, -0.2) is 0 Å². The van der Waals surface area contributed by atoms with Crippen molar-refractivity contribution in [2.24, 2.45) is 0 Å². The molecule has 1 N–H and O–H groups in total. The summed E-state index contributed by atoms with van der Waals surface area (Å²) in [5.41, 5.74) is 4.52. The van der Waals surface area contributed by atoms with Crippen LogP contribution in [0.3, 0.4) is 0 Å². The van der Waals surface area contributed by atoms with Crippen molar-refractivity contribution >= 4 is 23.4 Å². The van der Waals surface area contributed by atoms with Gasteiger partial charge in [0.25, 0.3) is 0 Å². The van der Waals surface area contributed by atoms with Gasteiger partial charge in [0.15, 0.2) is 0 Å². The molecule has 0 aliphatic carbocycles. The largest absolute Gasteiger partial charge is 0.359 e. The second-order valence-electron chi connectivity index (χ2n) is 4.19. The number of anilines is 1. The summed E-state index contributed by atoms with van der Waals surface area (Å²) in [5, 5.41) is 3.35. The summed E-state index contributed by atoms with van der Waals surface area (Å²) >= 11 is 5.76. The van der Waals surface area contributed by atoms with Gasteiger partial charge in [-0.2, -0.15) is 0 Å². The van der Waals surface area contributed by atoms with Crippen molar-refractivity contribution in [2.45, 2.75) is 12.8 Å².